The minimum absolute atomic E-state index is 0.784. The van der Waals surface area contributed by atoms with E-state index in [0.717, 1.165) is 6.04 Å². The summed E-state index contributed by atoms with van der Waals surface area (Å²) in [6, 6.07) is 0.784. The topological polar surface area (TPSA) is 3.24 Å². The van der Waals surface area contributed by atoms with E-state index < -0.39 is 0 Å². The molecule has 10 heavy (non-hydrogen) atoms. The highest BCUT2D eigenvalue weighted by Crippen LogP contribution is 2.18. The lowest BCUT2D eigenvalue weighted by Crippen LogP contribution is -2.34. The van der Waals surface area contributed by atoms with Gasteiger partial charge in [-0.2, -0.15) is 0 Å². The molecule has 58 valence electrons. The highest BCUT2D eigenvalue weighted by Gasteiger charge is 2.16. The number of rotatable bonds is 2. The molecule has 1 fully saturated rings. The van der Waals surface area contributed by atoms with Crippen molar-refractivity contribution in [1.29, 1.82) is 0 Å². The van der Waals surface area contributed by atoms with Crippen molar-refractivity contribution in [2.75, 3.05) is 6.54 Å². The Kier molecular flexibility index (Phi) is 2.79. The van der Waals surface area contributed by atoms with Crippen molar-refractivity contribution in [3.63, 3.8) is 0 Å². The van der Waals surface area contributed by atoms with Crippen LogP contribution in [0.1, 0.15) is 32.6 Å². The van der Waals surface area contributed by atoms with Crippen molar-refractivity contribution in [2.24, 2.45) is 0 Å². The van der Waals surface area contributed by atoms with Crippen molar-refractivity contribution < 1.29 is 0 Å². The molecule has 0 radical (unpaired) electrons. The first-order chi connectivity index (χ1) is 4.88. The summed E-state index contributed by atoms with van der Waals surface area (Å²) in [4.78, 5) is 2.38. The molecule has 0 amide bonds. The summed E-state index contributed by atoms with van der Waals surface area (Å²) in [6.07, 6.45) is 7.38. The number of hydrogen-bond acceptors (Lipinski definition) is 1. The van der Waals surface area contributed by atoms with Gasteiger partial charge in [-0.3, -0.25) is 0 Å². The predicted molar refractivity (Wildman–Crippen MR) is 44.8 cm³/mol. The van der Waals surface area contributed by atoms with Crippen molar-refractivity contribution in [3.8, 4) is 0 Å². The molecule has 0 aromatic carbocycles. The second-order valence-corrected chi connectivity index (χ2v) is 2.98. The van der Waals surface area contributed by atoms with Gasteiger partial charge >= 0.3 is 0 Å². The van der Waals surface area contributed by atoms with E-state index in [9.17, 15) is 0 Å². The van der Waals surface area contributed by atoms with E-state index >= 15 is 0 Å². The average molecular weight is 139 g/mol. The Labute approximate surface area is 63.7 Å². The van der Waals surface area contributed by atoms with Crippen LogP contribution in [0.5, 0.6) is 0 Å². The average Bonchev–Trinajstić information content (AvgIpc) is 2.04. The van der Waals surface area contributed by atoms with E-state index in [0.29, 0.717) is 0 Å². The number of likely N-dealkylation sites (tertiary alicyclic amines) is 1. The fraction of sp³-hybridized carbons (Fsp3) is 0.778. The Morgan fingerprint density at radius 2 is 2.40 bits per heavy atom. The van der Waals surface area contributed by atoms with Crippen molar-refractivity contribution in [1.82, 2.24) is 4.90 Å². The summed E-state index contributed by atoms with van der Waals surface area (Å²) in [7, 11) is 0. The van der Waals surface area contributed by atoms with Gasteiger partial charge in [-0.25, -0.2) is 0 Å². The quantitative estimate of drug-likeness (QED) is 0.568. The fourth-order valence-corrected chi connectivity index (χ4v) is 1.70. The Morgan fingerprint density at radius 1 is 1.60 bits per heavy atom. The maximum Gasteiger partial charge on any atom is 0.0281 e. The van der Waals surface area contributed by atoms with E-state index in [4.69, 9.17) is 0 Å². The molecule has 0 saturated carbocycles. The molecule has 1 heteroatoms. The van der Waals surface area contributed by atoms with E-state index in [-0.39, 0.29) is 0 Å². The largest absolute Gasteiger partial charge is 0.375 e. The number of piperidine rings is 1. The van der Waals surface area contributed by atoms with Crippen LogP contribution in [-0.4, -0.2) is 17.5 Å². The molecule has 0 aliphatic carbocycles. The van der Waals surface area contributed by atoms with Crippen LogP contribution in [-0.2, 0) is 0 Å². The standard InChI is InChI=1S/C9H17N/c1-3-9-7-5-6-8-10(9)4-2/h4,9H,2-3,5-8H2,1H3. The molecule has 1 nitrogen and oxygen atoms in total. The van der Waals surface area contributed by atoms with Crippen molar-refractivity contribution in [3.05, 3.63) is 12.8 Å². The van der Waals surface area contributed by atoms with Gasteiger partial charge in [0.05, 0.1) is 0 Å². The van der Waals surface area contributed by atoms with Crippen molar-refractivity contribution >= 4 is 0 Å². The van der Waals surface area contributed by atoms with Gasteiger partial charge in [0.25, 0.3) is 0 Å². The Balaban J connectivity index is 2.41. The molecule has 1 atom stereocenters. The van der Waals surface area contributed by atoms with E-state index in [2.05, 4.69) is 18.4 Å². The van der Waals surface area contributed by atoms with Gasteiger partial charge < -0.3 is 4.90 Å². The Bertz CT molecular complexity index is 109. The summed E-state index contributed by atoms with van der Waals surface area (Å²) >= 11 is 0. The lowest BCUT2D eigenvalue weighted by molar-refractivity contribution is 0.208. The summed E-state index contributed by atoms with van der Waals surface area (Å²) in [5.74, 6) is 0. The van der Waals surface area contributed by atoms with E-state index in [1.165, 1.54) is 32.2 Å². The second kappa shape index (κ2) is 3.65. The summed E-state index contributed by atoms with van der Waals surface area (Å²) in [5, 5.41) is 0. The van der Waals surface area contributed by atoms with Crippen LogP contribution in [0.4, 0.5) is 0 Å². The first-order valence-corrected chi connectivity index (χ1v) is 4.26. The minimum atomic E-state index is 0.784. The van der Waals surface area contributed by atoms with Crippen LogP contribution in [0.25, 0.3) is 0 Å². The first kappa shape index (κ1) is 7.64. The highest BCUT2D eigenvalue weighted by atomic mass is 15.1. The van der Waals surface area contributed by atoms with E-state index in [1.807, 2.05) is 6.20 Å². The number of nitrogens with zero attached hydrogens (tertiary/aromatic N) is 1. The zero-order chi connectivity index (χ0) is 7.40. The van der Waals surface area contributed by atoms with Gasteiger partial charge in [-0.05, 0) is 31.9 Å². The third kappa shape index (κ3) is 1.53. The highest BCUT2D eigenvalue weighted by molar-refractivity contribution is 4.82. The fourth-order valence-electron chi connectivity index (χ4n) is 1.70. The van der Waals surface area contributed by atoms with Gasteiger partial charge in [0.15, 0.2) is 0 Å². The lowest BCUT2D eigenvalue weighted by Gasteiger charge is -2.33. The predicted octanol–water partition coefficient (Wildman–Crippen LogP) is 2.39. The Hall–Kier alpha value is -0.460. The summed E-state index contributed by atoms with van der Waals surface area (Å²) < 4.78 is 0. The van der Waals surface area contributed by atoms with Crippen LogP contribution in [0.15, 0.2) is 12.8 Å². The molecule has 1 aliphatic heterocycles. The molecule has 1 aliphatic rings. The van der Waals surface area contributed by atoms with Gasteiger partial charge in [-0.15, -0.1) is 0 Å². The normalized spacial score (nSPS) is 26.5. The van der Waals surface area contributed by atoms with Crippen LogP contribution < -0.4 is 0 Å². The summed E-state index contributed by atoms with van der Waals surface area (Å²) in [6.45, 7) is 7.29. The molecule has 1 unspecified atom stereocenters. The lowest BCUT2D eigenvalue weighted by atomic mass is 10.0. The second-order valence-electron chi connectivity index (χ2n) is 2.98. The molecule has 1 heterocycles. The van der Waals surface area contributed by atoms with Crippen LogP contribution in [0, 0.1) is 0 Å². The molecule has 0 aromatic rings. The molecular formula is C9H17N. The molecule has 0 N–H and O–H groups in total. The zero-order valence-electron chi connectivity index (χ0n) is 6.84. The molecular weight excluding hydrogens is 122 g/mol. The van der Waals surface area contributed by atoms with Crippen LogP contribution >= 0.6 is 0 Å². The zero-order valence-corrected chi connectivity index (χ0v) is 6.84. The first-order valence-electron chi connectivity index (χ1n) is 4.26. The van der Waals surface area contributed by atoms with Crippen molar-refractivity contribution in [2.45, 2.75) is 38.6 Å². The maximum atomic E-state index is 3.81. The van der Waals surface area contributed by atoms with Gasteiger partial charge in [-0.1, -0.05) is 13.5 Å². The molecule has 0 spiro atoms. The van der Waals surface area contributed by atoms with Crippen LogP contribution in [0.2, 0.25) is 0 Å². The van der Waals surface area contributed by atoms with Gasteiger partial charge in [0.1, 0.15) is 0 Å². The molecule has 1 rings (SSSR count). The minimum Gasteiger partial charge on any atom is -0.375 e. The SMILES string of the molecule is C=CN1CCCCC1CC. The van der Waals surface area contributed by atoms with Gasteiger partial charge in [0, 0.05) is 12.6 Å². The van der Waals surface area contributed by atoms with Crippen LogP contribution in [0.3, 0.4) is 0 Å². The smallest absolute Gasteiger partial charge is 0.0281 e. The molecule has 0 aromatic heterocycles. The van der Waals surface area contributed by atoms with Gasteiger partial charge in [0.2, 0.25) is 0 Å². The third-order valence-corrected chi connectivity index (χ3v) is 2.38. The number of hydrogen-bond donors (Lipinski definition) is 0. The monoisotopic (exact) mass is 139 g/mol. The maximum absolute atomic E-state index is 3.81. The third-order valence-electron chi connectivity index (χ3n) is 2.38. The molecule has 1 saturated heterocycles. The van der Waals surface area contributed by atoms with E-state index in [1.54, 1.807) is 0 Å². The Morgan fingerprint density at radius 3 is 2.90 bits per heavy atom. The summed E-state index contributed by atoms with van der Waals surface area (Å²) in [5.41, 5.74) is 0. The molecule has 0 bridgehead atoms.